The molecular formula is C20H27N3O3S. The summed E-state index contributed by atoms with van der Waals surface area (Å²) in [6.45, 7) is 1.05. The minimum atomic E-state index is -3.38. The average molecular weight is 390 g/mol. The first-order valence-electron chi connectivity index (χ1n) is 9.16. The Morgan fingerprint density at radius 2 is 2.00 bits per heavy atom. The van der Waals surface area contributed by atoms with E-state index in [1.165, 1.54) is 4.31 Å². The van der Waals surface area contributed by atoms with Crippen LogP contribution in [0.4, 0.5) is 0 Å². The van der Waals surface area contributed by atoms with Gasteiger partial charge in [0.1, 0.15) is 5.75 Å². The molecule has 1 aliphatic rings. The van der Waals surface area contributed by atoms with Crippen molar-refractivity contribution in [2.75, 3.05) is 34.3 Å². The van der Waals surface area contributed by atoms with Gasteiger partial charge in [0.2, 0.25) is 0 Å². The number of benzene rings is 1. The Kier molecular flexibility index (Phi) is 6.14. The van der Waals surface area contributed by atoms with E-state index in [2.05, 4.69) is 6.07 Å². The Balaban J connectivity index is 1.76. The number of nitrogens with zero attached hydrogens (tertiary/aromatic N) is 3. The van der Waals surface area contributed by atoms with Crippen LogP contribution in [0.15, 0.2) is 42.5 Å². The second-order valence-corrected chi connectivity index (χ2v) is 9.21. The van der Waals surface area contributed by atoms with Crippen molar-refractivity contribution < 1.29 is 13.2 Å². The molecule has 0 bridgehead atoms. The van der Waals surface area contributed by atoms with Crippen LogP contribution in [-0.2, 0) is 16.6 Å². The fourth-order valence-electron chi connectivity index (χ4n) is 3.44. The van der Waals surface area contributed by atoms with E-state index in [0.717, 1.165) is 42.0 Å². The number of aromatic nitrogens is 1. The van der Waals surface area contributed by atoms with Crippen LogP contribution in [0.5, 0.6) is 5.75 Å². The van der Waals surface area contributed by atoms with E-state index in [4.69, 9.17) is 9.72 Å². The Labute approximate surface area is 162 Å². The number of ether oxygens (including phenoxy) is 1. The molecule has 27 heavy (non-hydrogen) atoms. The normalized spacial score (nSPS) is 18.6. The van der Waals surface area contributed by atoms with Crippen LogP contribution in [0.1, 0.15) is 35.7 Å². The van der Waals surface area contributed by atoms with Gasteiger partial charge < -0.3 is 4.74 Å². The van der Waals surface area contributed by atoms with Gasteiger partial charge in [-0.15, -0.1) is 0 Å². The summed E-state index contributed by atoms with van der Waals surface area (Å²) in [5, 5.41) is 0. The first kappa shape index (κ1) is 19.8. The third-order valence-corrected chi connectivity index (χ3v) is 6.84. The van der Waals surface area contributed by atoms with Crippen LogP contribution < -0.4 is 4.74 Å². The lowest BCUT2D eigenvalue weighted by molar-refractivity contribution is 0.296. The topological polar surface area (TPSA) is 62.7 Å². The van der Waals surface area contributed by atoms with Gasteiger partial charge in [0, 0.05) is 50.9 Å². The van der Waals surface area contributed by atoms with Crippen LogP contribution in [0.2, 0.25) is 0 Å². The van der Waals surface area contributed by atoms with E-state index in [9.17, 15) is 8.42 Å². The summed E-state index contributed by atoms with van der Waals surface area (Å²) in [6.07, 6.45) is 2.52. The van der Waals surface area contributed by atoms with E-state index in [-0.39, 0.29) is 5.92 Å². The van der Waals surface area contributed by atoms with E-state index >= 15 is 0 Å². The van der Waals surface area contributed by atoms with Crippen LogP contribution >= 0.6 is 0 Å². The van der Waals surface area contributed by atoms with Crippen LogP contribution in [0.25, 0.3) is 0 Å². The van der Waals surface area contributed by atoms with Crippen molar-refractivity contribution in [3.05, 3.63) is 59.4 Å². The SMILES string of the molecule is COc1cccc(Cc2cccc([C@@H]3CCCN(S(=O)(=O)N(C)C)C3)n2)c1. The number of pyridine rings is 1. The Bertz CT molecular complexity index is 884. The summed E-state index contributed by atoms with van der Waals surface area (Å²) in [7, 11) is 1.43. The molecule has 0 N–H and O–H groups in total. The van der Waals surface area contributed by atoms with E-state index < -0.39 is 10.2 Å². The number of hydrogen-bond donors (Lipinski definition) is 0. The highest BCUT2D eigenvalue weighted by molar-refractivity contribution is 7.86. The molecule has 7 heteroatoms. The summed E-state index contributed by atoms with van der Waals surface area (Å²) < 4.78 is 33.0. The standard InChI is InChI=1S/C20H27N3O3S/c1-22(2)27(24,25)23-12-6-8-17(15-23)20-11-5-9-18(21-20)13-16-7-4-10-19(14-16)26-3/h4-5,7,9-11,14,17H,6,8,12-13,15H2,1-3H3/t17-/m1/s1. The molecule has 2 heterocycles. The highest BCUT2D eigenvalue weighted by Crippen LogP contribution is 2.28. The van der Waals surface area contributed by atoms with E-state index in [1.54, 1.807) is 25.5 Å². The smallest absolute Gasteiger partial charge is 0.281 e. The van der Waals surface area contributed by atoms with Crippen molar-refractivity contribution in [2.24, 2.45) is 0 Å². The third-order valence-electron chi connectivity index (χ3n) is 4.94. The van der Waals surface area contributed by atoms with Gasteiger partial charge in [-0.1, -0.05) is 18.2 Å². The van der Waals surface area contributed by atoms with Crippen LogP contribution in [0.3, 0.4) is 0 Å². The van der Waals surface area contributed by atoms with Crippen LogP contribution in [-0.4, -0.2) is 56.3 Å². The van der Waals surface area contributed by atoms with Gasteiger partial charge >= 0.3 is 0 Å². The number of methoxy groups -OCH3 is 1. The van der Waals surface area contributed by atoms with Gasteiger partial charge in [0.15, 0.2) is 0 Å². The lowest BCUT2D eigenvalue weighted by atomic mass is 9.95. The zero-order chi connectivity index (χ0) is 19.4. The van der Waals surface area contributed by atoms with Crippen LogP contribution in [0, 0.1) is 0 Å². The van der Waals surface area contributed by atoms with Gasteiger partial charge in [0.05, 0.1) is 7.11 Å². The van der Waals surface area contributed by atoms with Gasteiger partial charge in [-0.3, -0.25) is 4.98 Å². The van der Waals surface area contributed by atoms with Crippen molar-refractivity contribution in [2.45, 2.75) is 25.2 Å². The first-order valence-corrected chi connectivity index (χ1v) is 10.6. The minimum absolute atomic E-state index is 0.124. The predicted octanol–water partition coefficient (Wildman–Crippen LogP) is 2.67. The van der Waals surface area contributed by atoms with E-state index in [0.29, 0.717) is 13.1 Å². The molecule has 1 aromatic heterocycles. The van der Waals surface area contributed by atoms with Crippen molar-refractivity contribution >= 4 is 10.2 Å². The van der Waals surface area contributed by atoms with Crippen molar-refractivity contribution in [3.63, 3.8) is 0 Å². The molecule has 1 aliphatic heterocycles. The van der Waals surface area contributed by atoms with Gasteiger partial charge in [-0.25, -0.2) is 0 Å². The summed E-state index contributed by atoms with van der Waals surface area (Å²) >= 11 is 0. The highest BCUT2D eigenvalue weighted by atomic mass is 32.2. The predicted molar refractivity (Wildman–Crippen MR) is 106 cm³/mol. The first-order chi connectivity index (χ1) is 12.9. The lowest BCUT2D eigenvalue weighted by Crippen LogP contribution is -2.45. The molecule has 0 spiro atoms. The summed E-state index contributed by atoms with van der Waals surface area (Å²) in [4.78, 5) is 4.83. The van der Waals surface area contributed by atoms with Gasteiger partial charge in [0.25, 0.3) is 10.2 Å². The zero-order valence-electron chi connectivity index (χ0n) is 16.1. The van der Waals surface area contributed by atoms with Crippen molar-refractivity contribution in [1.82, 2.24) is 13.6 Å². The van der Waals surface area contributed by atoms with E-state index in [1.807, 2.05) is 36.4 Å². The maximum atomic E-state index is 12.5. The molecule has 0 unspecified atom stereocenters. The summed E-state index contributed by atoms with van der Waals surface area (Å²) in [6, 6.07) is 14.0. The van der Waals surface area contributed by atoms with Crippen molar-refractivity contribution in [1.29, 1.82) is 0 Å². The largest absolute Gasteiger partial charge is 0.497 e. The lowest BCUT2D eigenvalue weighted by Gasteiger charge is -2.33. The third kappa shape index (κ3) is 4.66. The maximum Gasteiger partial charge on any atom is 0.281 e. The minimum Gasteiger partial charge on any atom is -0.497 e. The molecule has 1 aromatic carbocycles. The number of hydrogen-bond acceptors (Lipinski definition) is 4. The molecule has 0 aliphatic carbocycles. The molecule has 1 atom stereocenters. The van der Waals surface area contributed by atoms with Gasteiger partial charge in [-0.05, 0) is 42.7 Å². The maximum absolute atomic E-state index is 12.5. The number of rotatable bonds is 6. The molecule has 0 amide bonds. The molecular weight excluding hydrogens is 362 g/mol. The monoisotopic (exact) mass is 389 g/mol. The molecule has 146 valence electrons. The second-order valence-electron chi connectivity index (χ2n) is 7.07. The molecule has 2 aromatic rings. The fourth-order valence-corrected chi connectivity index (χ4v) is 4.63. The Morgan fingerprint density at radius 3 is 2.74 bits per heavy atom. The Hall–Kier alpha value is -1.96. The Morgan fingerprint density at radius 1 is 1.22 bits per heavy atom. The fraction of sp³-hybridized carbons (Fsp3) is 0.450. The molecule has 6 nitrogen and oxygen atoms in total. The number of piperidine rings is 1. The summed E-state index contributed by atoms with van der Waals surface area (Å²) in [5.74, 6) is 0.958. The molecule has 0 radical (unpaired) electrons. The molecule has 1 fully saturated rings. The molecule has 3 rings (SSSR count). The highest BCUT2D eigenvalue weighted by Gasteiger charge is 2.31. The zero-order valence-corrected chi connectivity index (χ0v) is 16.9. The average Bonchev–Trinajstić information content (AvgIpc) is 2.68. The quantitative estimate of drug-likeness (QED) is 0.762. The van der Waals surface area contributed by atoms with Gasteiger partial charge in [-0.2, -0.15) is 17.0 Å². The molecule has 1 saturated heterocycles. The summed E-state index contributed by atoms with van der Waals surface area (Å²) in [5.41, 5.74) is 3.09. The molecule has 0 saturated carbocycles. The van der Waals surface area contributed by atoms with Crippen molar-refractivity contribution in [3.8, 4) is 5.75 Å². The second kappa shape index (κ2) is 8.37.